The lowest BCUT2D eigenvalue weighted by atomic mass is 9.97. The highest BCUT2D eigenvalue weighted by Gasteiger charge is 2.20. The van der Waals surface area contributed by atoms with Gasteiger partial charge in [-0.15, -0.1) is 0 Å². The van der Waals surface area contributed by atoms with Crippen molar-refractivity contribution in [1.82, 2.24) is 19.5 Å². The average molecular weight is 801 g/mol. The number of aromatic nitrogens is 4. The summed E-state index contributed by atoms with van der Waals surface area (Å²) < 4.78 is 2.46. The Bertz CT molecular complexity index is 3800. The summed E-state index contributed by atoms with van der Waals surface area (Å²) in [4.78, 5) is 15.7. The third kappa shape index (κ3) is 5.95. The smallest absolute Gasteiger partial charge is 0.164 e. The van der Waals surface area contributed by atoms with E-state index in [2.05, 4.69) is 223 Å². The summed E-state index contributed by atoms with van der Waals surface area (Å²) in [6.07, 6.45) is 0. The number of rotatable bonds is 5. The van der Waals surface area contributed by atoms with Gasteiger partial charge in [-0.05, 0) is 120 Å². The minimum absolute atomic E-state index is 0.615. The fourth-order valence-electron chi connectivity index (χ4n) is 9.53. The molecular weight excluding hydrogens is 765 g/mol. The maximum Gasteiger partial charge on any atom is 0.164 e. The average Bonchev–Trinajstić information content (AvgIpc) is 3.65. The zero-order chi connectivity index (χ0) is 41.4. The van der Waals surface area contributed by atoms with Crippen LogP contribution in [0.2, 0.25) is 0 Å². The van der Waals surface area contributed by atoms with Gasteiger partial charge in [0.1, 0.15) is 0 Å². The Labute approximate surface area is 363 Å². The highest BCUT2D eigenvalue weighted by Crippen LogP contribution is 2.41. The van der Waals surface area contributed by atoms with E-state index in [9.17, 15) is 0 Å². The van der Waals surface area contributed by atoms with E-state index in [0.29, 0.717) is 17.5 Å². The van der Waals surface area contributed by atoms with Gasteiger partial charge in [0.25, 0.3) is 0 Å². The zero-order valence-corrected chi connectivity index (χ0v) is 34.1. The molecule has 0 aliphatic rings. The standard InChI is InChI=1S/C59H36N4/c1-4-14-40-29-47(24-21-37(40)11-1)51-34-50(27-28-54(51)63-55-35-45-19-9-7-17-43(45)32-52(55)53-33-44-18-8-10-20-46(44)36-56(53)63)59-61-57(48-25-22-38-12-2-5-15-41(38)30-48)60-58(62-59)49-26-23-39-13-3-6-16-42(39)31-49/h1-36H. The molecule has 0 N–H and O–H groups in total. The third-order valence-corrected chi connectivity index (χ3v) is 12.7. The summed E-state index contributed by atoms with van der Waals surface area (Å²) in [6.45, 7) is 0. The number of nitrogens with zero attached hydrogens (tertiary/aromatic N) is 4. The molecule has 0 radical (unpaired) electrons. The van der Waals surface area contributed by atoms with Crippen molar-refractivity contribution >= 4 is 75.7 Å². The van der Waals surface area contributed by atoms with E-state index in [0.717, 1.165) is 55.3 Å². The number of fused-ring (bicyclic) bond motifs is 8. The predicted molar refractivity (Wildman–Crippen MR) is 263 cm³/mol. The SMILES string of the molecule is c1ccc2cc(-c3nc(-c4ccc(-n5c6cc7ccccc7cc6c6cc7ccccc7cc65)c(-c5ccc6ccccc6c5)c4)nc(-c4ccc5ccccc5c4)n3)ccc2c1. The molecule has 0 aliphatic heterocycles. The quantitative estimate of drug-likeness (QED) is 0.174. The Morgan fingerprint density at radius 1 is 0.254 bits per heavy atom. The molecular formula is C59H36N4. The van der Waals surface area contributed by atoms with Crippen molar-refractivity contribution in [3.05, 3.63) is 218 Å². The van der Waals surface area contributed by atoms with Gasteiger partial charge in [0, 0.05) is 33.0 Å². The van der Waals surface area contributed by atoms with Crippen LogP contribution in [-0.2, 0) is 0 Å². The molecule has 2 heterocycles. The molecule has 0 atom stereocenters. The lowest BCUT2D eigenvalue weighted by Crippen LogP contribution is -2.02. The van der Waals surface area contributed by atoms with E-state index in [1.165, 1.54) is 53.9 Å². The molecule has 0 amide bonds. The van der Waals surface area contributed by atoms with Gasteiger partial charge in [0.05, 0.1) is 16.7 Å². The second-order valence-electron chi connectivity index (χ2n) is 16.5. The number of benzene rings is 11. The van der Waals surface area contributed by atoms with Crippen molar-refractivity contribution in [3.8, 4) is 51.0 Å². The minimum Gasteiger partial charge on any atom is -0.309 e. The van der Waals surface area contributed by atoms with Gasteiger partial charge in [-0.2, -0.15) is 0 Å². The summed E-state index contributed by atoms with van der Waals surface area (Å²) in [6, 6.07) is 78.6. The van der Waals surface area contributed by atoms with E-state index < -0.39 is 0 Å². The first kappa shape index (κ1) is 35.3. The molecule has 2 aromatic heterocycles. The number of hydrogen-bond donors (Lipinski definition) is 0. The monoisotopic (exact) mass is 800 g/mol. The van der Waals surface area contributed by atoms with Crippen LogP contribution in [0, 0.1) is 0 Å². The summed E-state index contributed by atoms with van der Waals surface area (Å²) in [5.41, 5.74) is 8.38. The van der Waals surface area contributed by atoms with Crippen molar-refractivity contribution in [2.75, 3.05) is 0 Å². The molecule has 292 valence electrons. The van der Waals surface area contributed by atoms with Crippen molar-refractivity contribution < 1.29 is 0 Å². The molecule has 4 heteroatoms. The molecule has 0 unspecified atom stereocenters. The lowest BCUT2D eigenvalue weighted by Gasteiger charge is -2.17. The minimum atomic E-state index is 0.615. The Balaban J connectivity index is 1.09. The highest BCUT2D eigenvalue weighted by atomic mass is 15.0. The van der Waals surface area contributed by atoms with E-state index in [1.54, 1.807) is 0 Å². The van der Waals surface area contributed by atoms with Crippen LogP contribution in [0.25, 0.3) is 127 Å². The topological polar surface area (TPSA) is 43.6 Å². The maximum absolute atomic E-state index is 5.28. The van der Waals surface area contributed by atoms with Crippen LogP contribution < -0.4 is 0 Å². The first-order chi connectivity index (χ1) is 31.2. The Hall–Kier alpha value is -8.47. The molecule has 0 saturated heterocycles. The largest absolute Gasteiger partial charge is 0.309 e. The van der Waals surface area contributed by atoms with Crippen LogP contribution in [-0.4, -0.2) is 19.5 Å². The van der Waals surface area contributed by atoms with Gasteiger partial charge in [-0.3, -0.25) is 0 Å². The summed E-state index contributed by atoms with van der Waals surface area (Å²) >= 11 is 0. The summed E-state index contributed by atoms with van der Waals surface area (Å²) in [5.74, 6) is 1.88. The van der Waals surface area contributed by atoms with Gasteiger partial charge in [0.15, 0.2) is 17.5 Å². The van der Waals surface area contributed by atoms with E-state index in [4.69, 9.17) is 15.0 Å². The van der Waals surface area contributed by atoms with Gasteiger partial charge < -0.3 is 4.57 Å². The third-order valence-electron chi connectivity index (χ3n) is 12.7. The van der Waals surface area contributed by atoms with Crippen molar-refractivity contribution in [2.45, 2.75) is 0 Å². The van der Waals surface area contributed by atoms with Crippen LogP contribution in [0.3, 0.4) is 0 Å². The van der Waals surface area contributed by atoms with Gasteiger partial charge in [-0.25, -0.2) is 15.0 Å². The van der Waals surface area contributed by atoms with E-state index in [1.807, 2.05) is 0 Å². The molecule has 0 spiro atoms. The lowest BCUT2D eigenvalue weighted by molar-refractivity contribution is 1.07. The molecule has 4 nitrogen and oxygen atoms in total. The fraction of sp³-hybridized carbons (Fsp3) is 0. The zero-order valence-electron chi connectivity index (χ0n) is 34.1. The van der Waals surface area contributed by atoms with Crippen LogP contribution in [0.15, 0.2) is 218 Å². The Kier molecular flexibility index (Phi) is 7.87. The molecule has 13 aromatic rings. The van der Waals surface area contributed by atoms with Crippen LogP contribution in [0.5, 0.6) is 0 Å². The van der Waals surface area contributed by atoms with Gasteiger partial charge in [-0.1, -0.05) is 158 Å². The van der Waals surface area contributed by atoms with Crippen LogP contribution in [0.4, 0.5) is 0 Å². The molecule has 63 heavy (non-hydrogen) atoms. The van der Waals surface area contributed by atoms with Gasteiger partial charge in [0.2, 0.25) is 0 Å². The molecule has 13 rings (SSSR count). The first-order valence-corrected chi connectivity index (χ1v) is 21.4. The molecule has 0 saturated carbocycles. The van der Waals surface area contributed by atoms with Crippen LogP contribution in [0.1, 0.15) is 0 Å². The highest BCUT2D eigenvalue weighted by molar-refractivity contribution is 6.17. The molecule has 11 aromatic carbocycles. The number of hydrogen-bond acceptors (Lipinski definition) is 3. The molecule has 0 aliphatic carbocycles. The Morgan fingerprint density at radius 2 is 0.571 bits per heavy atom. The van der Waals surface area contributed by atoms with E-state index in [-0.39, 0.29) is 0 Å². The maximum atomic E-state index is 5.28. The molecule has 0 fully saturated rings. The normalized spacial score (nSPS) is 11.8. The first-order valence-electron chi connectivity index (χ1n) is 21.4. The summed E-state index contributed by atoms with van der Waals surface area (Å²) in [7, 11) is 0. The predicted octanol–water partition coefficient (Wildman–Crippen LogP) is 15.4. The van der Waals surface area contributed by atoms with Crippen molar-refractivity contribution in [2.24, 2.45) is 0 Å². The summed E-state index contributed by atoms with van der Waals surface area (Å²) in [5, 5.41) is 14.3. The second kappa shape index (κ2) is 14.1. The second-order valence-corrected chi connectivity index (χ2v) is 16.5. The van der Waals surface area contributed by atoms with Crippen molar-refractivity contribution in [3.63, 3.8) is 0 Å². The van der Waals surface area contributed by atoms with Crippen molar-refractivity contribution in [1.29, 1.82) is 0 Å². The fourth-order valence-corrected chi connectivity index (χ4v) is 9.53. The van der Waals surface area contributed by atoms with E-state index >= 15 is 0 Å². The molecule has 0 bridgehead atoms. The van der Waals surface area contributed by atoms with Gasteiger partial charge >= 0.3 is 0 Å². The Morgan fingerprint density at radius 3 is 1.00 bits per heavy atom. The van der Waals surface area contributed by atoms with Crippen LogP contribution >= 0.6 is 0 Å².